The molecule has 0 N–H and O–H groups in total. The van der Waals surface area contributed by atoms with E-state index in [1.54, 1.807) is 6.08 Å². The summed E-state index contributed by atoms with van der Waals surface area (Å²) in [5.41, 5.74) is 0. The quantitative estimate of drug-likeness (QED) is 0.360. The molecule has 1 atom stereocenters. The van der Waals surface area contributed by atoms with E-state index in [1.807, 2.05) is 19.1 Å². The lowest BCUT2D eigenvalue weighted by atomic mass is 10.1. The van der Waals surface area contributed by atoms with E-state index < -0.39 is 8.32 Å². The summed E-state index contributed by atoms with van der Waals surface area (Å²) in [4.78, 5) is 12.0. The molecule has 2 rings (SSSR count). The SMILES string of the molecule is C=C[C@@H](CO[Si](c1ccccc1)(c1ccccc1)C(C)(C)C)CC(=O)OCC. The molecule has 0 radical (unpaired) electrons. The summed E-state index contributed by atoms with van der Waals surface area (Å²) in [6, 6.07) is 21.0. The third-order valence-corrected chi connectivity index (χ3v) is 10.0. The average Bonchev–Trinajstić information content (AvgIpc) is 2.68. The molecule has 0 aliphatic rings. The standard InChI is InChI=1S/C24H32O3Si/c1-6-20(18-23(25)26-7-2)19-27-28(24(3,4)5,21-14-10-8-11-15-21)22-16-12-9-13-17-22/h6,8-17,20H,1,7,18-19H2,2-5H3/t20-/m1/s1. The predicted molar refractivity (Wildman–Crippen MR) is 119 cm³/mol. The molecule has 0 heterocycles. The Kier molecular flexibility index (Phi) is 7.78. The number of carbonyl (C=O) groups excluding carboxylic acids is 1. The van der Waals surface area contributed by atoms with Crippen molar-refractivity contribution in [2.24, 2.45) is 5.92 Å². The van der Waals surface area contributed by atoms with Crippen molar-refractivity contribution >= 4 is 24.7 Å². The van der Waals surface area contributed by atoms with Crippen LogP contribution in [0.2, 0.25) is 5.04 Å². The Bertz CT molecular complexity index is 711. The topological polar surface area (TPSA) is 35.5 Å². The molecule has 0 aliphatic carbocycles. The highest BCUT2D eigenvalue weighted by Gasteiger charge is 2.50. The van der Waals surface area contributed by atoms with Crippen molar-refractivity contribution < 1.29 is 14.0 Å². The van der Waals surface area contributed by atoms with Crippen LogP contribution in [0.1, 0.15) is 34.1 Å². The number of carbonyl (C=O) groups is 1. The number of esters is 1. The number of benzene rings is 2. The fourth-order valence-electron chi connectivity index (χ4n) is 3.64. The van der Waals surface area contributed by atoms with Crippen LogP contribution in [0, 0.1) is 5.92 Å². The summed E-state index contributed by atoms with van der Waals surface area (Å²) >= 11 is 0. The molecular weight excluding hydrogens is 364 g/mol. The van der Waals surface area contributed by atoms with Crippen LogP contribution in [0.25, 0.3) is 0 Å². The highest BCUT2D eigenvalue weighted by atomic mass is 28.4. The molecule has 0 spiro atoms. The lowest BCUT2D eigenvalue weighted by Crippen LogP contribution is -2.66. The molecule has 2 aromatic rings. The van der Waals surface area contributed by atoms with Gasteiger partial charge in [0.1, 0.15) is 0 Å². The molecule has 0 fully saturated rings. The van der Waals surface area contributed by atoms with Crippen LogP contribution in [-0.4, -0.2) is 27.5 Å². The molecule has 0 aliphatic heterocycles. The summed E-state index contributed by atoms with van der Waals surface area (Å²) in [6.45, 7) is 13.3. The molecule has 3 nitrogen and oxygen atoms in total. The molecular formula is C24H32O3Si. The molecule has 4 heteroatoms. The lowest BCUT2D eigenvalue weighted by molar-refractivity contribution is -0.144. The Labute approximate surface area is 170 Å². The molecule has 0 bridgehead atoms. The molecule has 0 amide bonds. The van der Waals surface area contributed by atoms with Crippen LogP contribution in [0.4, 0.5) is 0 Å². The molecule has 0 unspecified atom stereocenters. The van der Waals surface area contributed by atoms with E-state index in [-0.39, 0.29) is 23.3 Å². The zero-order valence-electron chi connectivity index (χ0n) is 17.5. The fraction of sp³-hybridized carbons (Fsp3) is 0.375. The maximum atomic E-state index is 12.0. The first-order valence-electron chi connectivity index (χ1n) is 9.88. The number of ether oxygens (including phenoxy) is 1. The maximum Gasteiger partial charge on any atom is 0.306 e. The Morgan fingerprint density at radius 1 is 1.04 bits per heavy atom. The second-order valence-corrected chi connectivity index (χ2v) is 12.3. The van der Waals surface area contributed by atoms with Crippen molar-refractivity contribution in [3.8, 4) is 0 Å². The predicted octanol–water partition coefficient (Wildman–Crippen LogP) is 4.32. The molecule has 0 aromatic heterocycles. The second-order valence-electron chi connectivity index (χ2n) is 7.98. The van der Waals surface area contributed by atoms with Crippen LogP contribution in [0.5, 0.6) is 0 Å². The van der Waals surface area contributed by atoms with Crippen LogP contribution in [0.15, 0.2) is 73.3 Å². The minimum atomic E-state index is -2.60. The summed E-state index contributed by atoms with van der Waals surface area (Å²) in [5.74, 6) is -0.292. The van der Waals surface area contributed by atoms with Crippen molar-refractivity contribution in [1.29, 1.82) is 0 Å². The summed E-state index contributed by atoms with van der Waals surface area (Å²) in [7, 11) is -2.60. The van der Waals surface area contributed by atoms with Crippen LogP contribution < -0.4 is 10.4 Å². The fourth-order valence-corrected chi connectivity index (χ4v) is 8.26. The van der Waals surface area contributed by atoms with Crippen molar-refractivity contribution in [2.45, 2.75) is 39.2 Å². The van der Waals surface area contributed by atoms with Crippen molar-refractivity contribution in [2.75, 3.05) is 13.2 Å². The first-order chi connectivity index (χ1) is 13.3. The van der Waals surface area contributed by atoms with Gasteiger partial charge in [0.25, 0.3) is 8.32 Å². The van der Waals surface area contributed by atoms with Gasteiger partial charge in [-0.25, -0.2) is 0 Å². The van der Waals surface area contributed by atoms with Gasteiger partial charge in [0.2, 0.25) is 0 Å². The zero-order chi connectivity index (χ0) is 20.6. The highest BCUT2D eigenvalue weighted by Crippen LogP contribution is 2.37. The van der Waals surface area contributed by atoms with E-state index in [9.17, 15) is 4.79 Å². The average molecular weight is 397 g/mol. The van der Waals surface area contributed by atoms with Gasteiger partial charge in [0.05, 0.1) is 13.0 Å². The maximum absolute atomic E-state index is 12.0. The summed E-state index contributed by atoms with van der Waals surface area (Å²) in [6.07, 6.45) is 2.09. The monoisotopic (exact) mass is 396 g/mol. The minimum absolute atomic E-state index is 0.0827. The molecule has 150 valence electrons. The van der Waals surface area contributed by atoms with Gasteiger partial charge in [-0.2, -0.15) is 0 Å². The van der Waals surface area contributed by atoms with Gasteiger partial charge >= 0.3 is 5.97 Å². The van der Waals surface area contributed by atoms with Crippen molar-refractivity contribution in [3.05, 3.63) is 73.3 Å². The van der Waals surface area contributed by atoms with Gasteiger partial charge in [-0.05, 0) is 22.3 Å². The summed E-state index contributed by atoms with van der Waals surface area (Å²) < 4.78 is 12.0. The van der Waals surface area contributed by atoms with Crippen molar-refractivity contribution in [3.63, 3.8) is 0 Å². The van der Waals surface area contributed by atoms with Gasteiger partial charge < -0.3 is 9.16 Å². The largest absolute Gasteiger partial charge is 0.466 e. The Morgan fingerprint density at radius 2 is 1.54 bits per heavy atom. The van der Waals surface area contributed by atoms with E-state index >= 15 is 0 Å². The number of rotatable bonds is 9. The van der Waals surface area contributed by atoms with Gasteiger partial charge in [-0.3, -0.25) is 4.79 Å². The first-order valence-corrected chi connectivity index (χ1v) is 11.8. The van der Waals surface area contributed by atoms with Crippen LogP contribution >= 0.6 is 0 Å². The van der Waals surface area contributed by atoms with E-state index in [1.165, 1.54) is 10.4 Å². The Balaban J connectivity index is 2.44. The van der Waals surface area contributed by atoms with Crippen LogP contribution in [0.3, 0.4) is 0 Å². The van der Waals surface area contributed by atoms with Gasteiger partial charge in [0, 0.05) is 12.5 Å². The Morgan fingerprint density at radius 3 is 1.93 bits per heavy atom. The second kappa shape index (κ2) is 9.85. The normalized spacial score (nSPS) is 13.0. The van der Waals surface area contributed by atoms with Crippen LogP contribution in [-0.2, 0) is 14.0 Å². The van der Waals surface area contributed by atoms with E-state index in [0.29, 0.717) is 13.2 Å². The summed E-state index contributed by atoms with van der Waals surface area (Å²) in [5, 5.41) is 2.37. The van der Waals surface area contributed by atoms with E-state index in [4.69, 9.17) is 9.16 Å². The molecule has 28 heavy (non-hydrogen) atoms. The zero-order valence-corrected chi connectivity index (χ0v) is 18.5. The smallest absolute Gasteiger partial charge is 0.306 e. The first kappa shape index (κ1) is 22.1. The van der Waals surface area contributed by atoms with E-state index in [0.717, 1.165) is 0 Å². The highest BCUT2D eigenvalue weighted by molar-refractivity contribution is 6.99. The number of hydrogen-bond acceptors (Lipinski definition) is 3. The Hall–Kier alpha value is -2.17. The third-order valence-electron chi connectivity index (χ3n) is 5.00. The van der Waals surface area contributed by atoms with Gasteiger partial charge in [0.15, 0.2) is 0 Å². The van der Waals surface area contributed by atoms with E-state index in [2.05, 4.69) is 75.9 Å². The van der Waals surface area contributed by atoms with Gasteiger partial charge in [-0.1, -0.05) is 87.5 Å². The lowest BCUT2D eigenvalue weighted by Gasteiger charge is -2.43. The molecule has 2 aromatic carbocycles. The third kappa shape index (κ3) is 5.00. The number of hydrogen-bond donors (Lipinski definition) is 0. The minimum Gasteiger partial charge on any atom is -0.466 e. The van der Waals surface area contributed by atoms with Crippen molar-refractivity contribution in [1.82, 2.24) is 0 Å². The van der Waals surface area contributed by atoms with Gasteiger partial charge in [-0.15, -0.1) is 6.58 Å². The molecule has 0 saturated heterocycles. The molecule has 0 saturated carbocycles.